The lowest BCUT2D eigenvalue weighted by atomic mass is 9.84. The Kier molecular flexibility index (Phi) is 3.57. The van der Waals surface area contributed by atoms with Gasteiger partial charge in [0.05, 0.1) is 6.26 Å². The third-order valence-electron chi connectivity index (χ3n) is 3.12. The van der Waals surface area contributed by atoms with Gasteiger partial charge in [-0.3, -0.25) is 0 Å². The van der Waals surface area contributed by atoms with Gasteiger partial charge in [-0.15, -0.1) is 0 Å². The standard InChI is InChI=1S/C14H11F5O2/c1-9-4-2-5-10(8-9)12(20,11-6-3-7-21-11)13(15,16)14(17,18)19/h2-8,20H,1H3. The predicted molar refractivity (Wildman–Crippen MR) is 63.9 cm³/mol. The molecule has 0 amide bonds. The molecule has 1 unspecified atom stereocenters. The topological polar surface area (TPSA) is 33.4 Å². The molecule has 7 heteroatoms. The summed E-state index contributed by atoms with van der Waals surface area (Å²) < 4.78 is 70.8. The first kappa shape index (κ1) is 15.5. The maximum Gasteiger partial charge on any atom is 0.457 e. The number of furan rings is 1. The molecule has 1 N–H and O–H groups in total. The van der Waals surface area contributed by atoms with Gasteiger partial charge in [0.25, 0.3) is 0 Å². The van der Waals surface area contributed by atoms with Crippen LogP contribution in [0.2, 0.25) is 0 Å². The Hall–Kier alpha value is -1.89. The van der Waals surface area contributed by atoms with Crippen LogP contribution in [0.25, 0.3) is 0 Å². The summed E-state index contributed by atoms with van der Waals surface area (Å²) in [6.07, 6.45) is -5.03. The van der Waals surface area contributed by atoms with Crippen LogP contribution in [0, 0.1) is 6.92 Å². The summed E-state index contributed by atoms with van der Waals surface area (Å²) in [6.45, 7) is 1.51. The zero-order valence-electron chi connectivity index (χ0n) is 10.8. The molecule has 0 fully saturated rings. The number of hydrogen-bond donors (Lipinski definition) is 1. The molecule has 1 aromatic heterocycles. The second-order valence-corrected chi connectivity index (χ2v) is 4.63. The van der Waals surface area contributed by atoms with Crippen molar-refractivity contribution in [3.63, 3.8) is 0 Å². The van der Waals surface area contributed by atoms with Gasteiger partial charge in [0, 0.05) is 0 Å². The largest absolute Gasteiger partial charge is 0.466 e. The summed E-state index contributed by atoms with van der Waals surface area (Å²) in [7, 11) is 0. The van der Waals surface area contributed by atoms with Gasteiger partial charge in [0.2, 0.25) is 5.60 Å². The first-order chi connectivity index (χ1) is 9.60. The maximum atomic E-state index is 13.9. The van der Waals surface area contributed by atoms with Crippen LogP contribution in [0.1, 0.15) is 16.9 Å². The smallest absolute Gasteiger partial charge is 0.457 e. The lowest BCUT2D eigenvalue weighted by molar-refractivity contribution is -0.339. The number of benzene rings is 1. The summed E-state index contributed by atoms with van der Waals surface area (Å²) >= 11 is 0. The van der Waals surface area contributed by atoms with Gasteiger partial charge in [-0.1, -0.05) is 29.8 Å². The van der Waals surface area contributed by atoms with Gasteiger partial charge in [0.1, 0.15) is 5.76 Å². The predicted octanol–water partition coefficient (Wildman–Crippen LogP) is 4.02. The van der Waals surface area contributed by atoms with Gasteiger partial charge >= 0.3 is 12.1 Å². The van der Waals surface area contributed by atoms with Crippen LogP contribution in [0.3, 0.4) is 0 Å². The van der Waals surface area contributed by atoms with E-state index in [4.69, 9.17) is 0 Å². The molecule has 0 aliphatic carbocycles. The van der Waals surface area contributed by atoms with Crippen molar-refractivity contribution in [2.75, 3.05) is 0 Å². The highest BCUT2D eigenvalue weighted by atomic mass is 19.4. The van der Waals surface area contributed by atoms with Crippen LogP contribution in [0.15, 0.2) is 47.1 Å². The lowest BCUT2D eigenvalue weighted by Gasteiger charge is -2.35. The van der Waals surface area contributed by atoms with E-state index in [1.54, 1.807) is 0 Å². The monoisotopic (exact) mass is 306 g/mol. The summed E-state index contributed by atoms with van der Waals surface area (Å²) in [4.78, 5) is 0. The average Bonchev–Trinajstić information content (AvgIpc) is 2.90. The Morgan fingerprint density at radius 3 is 2.14 bits per heavy atom. The van der Waals surface area contributed by atoms with Gasteiger partial charge in [0.15, 0.2) is 0 Å². The molecule has 1 aromatic carbocycles. The zero-order chi connectivity index (χ0) is 15.9. The second-order valence-electron chi connectivity index (χ2n) is 4.63. The fourth-order valence-corrected chi connectivity index (χ4v) is 2.04. The van der Waals surface area contributed by atoms with Crippen molar-refractivity contribution in [3.05, 3.63) is 59.5 Å². The molecule has 2 rings (SSSR count). The van der Waals surface area contributed by atoms with E-state index in [0.717, 1.165) is 30.5 Å². The van der Waals surface area contributed by atoms with Crippen LogP contribution in [-0.2, 0) is 5.60 Å². The van der Waals surface area contributed by atoms with E-state index in [0.29, 0.717) is 5.56 Å². The molecule has 2 nitrogen and oxygen atoms in total. The van der Waals surface area contributed by atoms with E-state index in [1.165, 1.54) is 19.1 Å². The Morgan fingerprint density at radius 1 is 1.00 bits per heavy atom. The van der Waals surface area contributed by atoms with Gasteiger partial charge < -0.3 is 9.52 Å². The molecule has 0 spiro atoms. The highest BCUT2D eigenvalue weighted by molar-refractivity contribution is 5.37. The number of halogens is 5. The minimum absolute atomic E-state index is 0.426. The van der Waals surface area contributed by atoms with Crippen LogP contribution in [0.4, 0.5) is 22.0 Å². The third kappa shape index (κ3) is 2.31. The average molecular weight is 306 g/mol. The highest BCUT2D eigenvalue weighted by Gasteiger charge is 2.72. The molecule has 0 bridgehead atoms. The van der Waals surface area contributed by atoms with E-state index >= 15 is 0 Å². The van der Waals surface area contributed by atoms with E-state index in [2.05, 4.69) is 4.42 Å². The summed E-state index contributed by atoms with van der Waals surface area (Å²) in [5.41, 5.74) is -3.81. The molecule has 0 radical (unpaired) electrons. The Morgan fingerprint density at radius 2 is 1.67 bits per heavy atom. The van der Waals surface area contributed by atoms with Gasteiger partial charge in [-0.2, -0.15) is 22.0 Å². The third-order valence-corrected chi connectivity index (χ3v) is 3.12. The van der Waals surface area contributed by atoms with Crippen molar-refractivity contribution < 1.29 is 31.5 Å². The Balaban J connectivity index is 2.73. The minimum Gasteiger partial charge on any atom is -0.466 e. The minimum atomic E-state index is -5.95. The fraction of sp³-hybridized carbons (Fsp3) is 0.286. The van der Waals surface area contributed by atoms with Crippen LogP contribution < -0.4 is 0 Å². The molecule has 1 heterocycles. The summed E-state index contributed by atoms with van der Waals surface area (Å²) in [5.74, 6) is -6.30. The van der Waals surface area contributed by atoms with E-state index in [9.17, 15) is 27.1 Å². The lowest BCUT2D eigenvalue weighted by Crippen LogP contribution is -2.55. The van der Waals surface area contributed by atoms with Crippen molar-refractivity contribution in [2.45, 2.75) is 24.6 Å². The number of alkyl halides is 5. The van der Waals surface area contributed by atoms with Gasteiger partial charge in [-0.05, 0) is 24.6 Å². The number of hydrogen-bond acceptors (Lipinski definition) is 2. The van der Waals surface area contributed by atoms with Crippen molar-refractivity contribution in [3.8, 4) is 0 Å². The summed E-state index contributed by atoms with van der Waals surface area (Å²) in [5, 5.41) is 10.3. The SMILES string of the molecule is Cc1cccc(C(O)(c2ccco2)C(F)(F)C(F)(F)F)c1. The van der Waals surface area contributed by atoms with Crippen LogP contribution in [0.5, 0.6) is 0 Å². The van der Waals surface area contributed by atoms with Crippen molar-refractivity contribution in [1.29, 1.82) is 0 Å². The molecule has 2 aromatic rings. The Labute approximate surface area is 116 Å². The van der Waals surface area contributed by atoms with Crippen molar-refractivity contribution in [1.82, 2.24) is 0 Å². The molecule has 0 aliphatic heterocycles. The van der Waals surface area contributed by atoms with E-state index < -0.39 is 29.0 Å². The number of aliphatic hydroxyl groups is 1. The van der Waals surface area contributed by atoms with Gasteiger partial charge in [-0.25, -0.2) is 0 Å². The molecule has 0 saturated carbocycles. The second kappa shape index (κ2) is 4.84. The maximum absolute atomic E-state index is 13.9. The molecule has 21 heavy (non-hydrogen) atoms. The van der Waals surface area contributed by atoms with Crippen LogP contribution >= 0.6 is 0 Å². The molecule has 0 aliphatic rings. The number of aryl methyl sites for hydroxylation is 1. The summed E-state index contributed by atoms with van der Waals surface area (Å²) in [6, 6.07) is 6.85. The molecular weight excluding hydrogens is 295 g/mol. The zero-order valence-corrected chi connectivity index (χ0v) is 10.8. The van der Waals surface area contributed by atoms with Crippen molar-refractivity contribution >= 4 is 0 Å². The van der Waals surface area contributed by atoms with Crippen molar-refractivity contribution in [2.24, 2.45) is 0 Å². The Bertz CT molecular complexity index is 619. The molecule has 0 saturated heterocycles. The first-order valence-corrected chi connectivity index (χ1v) is 5.89. The number of rotatable bonds is 3. The van der Waals surface area contributed by atoms with Crippen LogP contribution in [-0.4, -0.2) is 17.2 Å². The van der Waals surface area contributed by atoms with E-state index in [1.807, 2.05) is 0 Å². The normalized spacial score (nSPS) is 15.8. The fourth-order valence-electron chi connectivity index (χ4n) is 2.04. The molecular formula is C14H11F5O2. The molecule has 114 valence electrons. The highest BCUT2D eigenvalue weighted by Crippen LogP contribution is 2.51. The quantitative estimate of drug-likeness (QED) is 0.869. The molecule has 1 atom stereocenters. The van der Waals surface area contributed by atoms with E-state index in [-0.39, 0.29) is 0 Å². The first-order valence-electron chi connectivity index (χ1n) is 5.89.